The molecule has 7 nitrogen and oxygen atoms in total. The monoisotopic (exact) mass is 316 g/mol. The molecule has 0 bridgehead atoms. The smallest absolute Gasteiger partial charge is 0.245 e. The zero-order valence-electron chi connectivity index (χ0n) is 13.2. The van der Waals surface area contributed by atoms with Crippen LogP contribution in [-0.4, -0.2) is 58.3 Å². The summed E-state index contributed by atoms with van der Waals surface area (Å²) in [6.45, 7) is 5.88. The first-order valence-electron chi connectivity index (χ1n) is 7.68. The van der Waals surface area contributed by atoms with Crippen LogP contribution in [0.5, 0.6) is 5.88 Å². The number of carbonyl (C=O) groups is 2. The number of nitrogens with zero attached hydrogens (tertiary/aromatic N) is 4. The molecule has 1 aromatic rings. The highest BCUT2D eigenvalue weighted by molar-refractivity contribution is 5.87. The molecule has 2 aliphatic rings. The summed E-state index contributed by atoms with van der Waals surface area (Å²) in [5.41, 5.74) is 1.85. The van der Waals surface area contributed by atoms with Gasteiger partial charge in [-0.1, -0.05) is 6.58 Å². The number of hydrogen-bond acceptors (Lipinski definition) is 5. The van der Waals surface area contributed by atoms with Crippen LogP contribution in [0.1, 0.15) is 17.7 Å². The summed E-state index contributed by atoms with van der Waals surface area (Å²) in [7, 11) is 1.57. The van der Waals surface area contributed by atoms with E-state index in [0.29, 0.717) is 44.9 Å². The quantitative estimate of drug-likeness (QED) is 0.752. The van der Waals surface area contributed by atoms with E-state index in [0.717, 1.165) is 11.3 Å². The number of hydrogen-bond donors (Lipinski definition) is 0. The normalized spacial score (nSPS) is 17.3. The van der Waals surface area contributed by atoms with Crippen molar-refractivity contribution in [3.8, 4) is 5.88 Å². The third-order valence-corrected chi connectivity index (χ3v) is 4.42. The Kier molecular flexibility index (Phi) is 4.27. The first-order chi connectivity index (χ1) is 11.1. The molecule has 0 aromatic carbocycles. The van der Waals surface area contributed by atoms with Crippen molar-refractivity contribution in [2.75, 3.05) is 26.7 Å². The van der Waals surface area contributed by atoms with Gasteiger partial charge < -0.3 is 14.5 Å². The number of aromatic nitrogens is 2. The standard InChI is InChI=1S/C16H20N4O3/c1-3-14(21)20-7-11(8-20)6-15(22)19-5-4-13-12(9-19)16(23-2)18-10-17-13/h3,10-11H,1,4-9H2,2H3. The van der Waals surface area contributed by atoms with E-state index in [1.165, 1.54) is 12.4 Å². The fraction of sp³-hybridized carbons (Fsp3) is 0.500. The number of likely N-dealkylation sites (tertiary alicyclic amines) is 1. The molecule has 7 heteroatoms. The zero-order chi connectivity index (χ0) is 16.4. The number of carbonyl (C=O) groups excluding carboxylic acids is 2. The summed E-state index contributed by atoms with van der Waals surface area (Å²) in [6, 6.07) is 0. The second-order valence-corrected chi connectivity index (χ2v) is 5.89. The Hall–Kier alpha value is -2.44. The summed E-state index contributed by atoms with van der Waals surface area (Å²) < 4.78 is 5.26. The zero-order valence-corrected chi connectivity index (χ0v) is 13.2. The van der Waals surface area contributed by atoms with Gasteiger partial charge in [0.05, 0.1) is 24.9 Å². The lowest BCUT2D eigenvalue weighted by Crippen LogP contribution is -2.51. The Morgan fingerprint density at radius 2 is 2.17 bits per heavy atom. The lowest BCUT2D eigenvalue weighted by molar-refractivity contribution is -0.139. The Labute approximate surface area is 135 Å². The summed E-state index contributed by atoms with van der Waals surface area (Å²) in [6.07, 6.45) is 3.98. The van der Waals surface area contributed by atoms with Crippen LogP contribution in [0.4, 0.5) is 0 Å². The van der Waals surface area contributed by atoms with Gasteiger partial charge >= 0.3 is 0 Å². The first kappa shape index (κ1) is 15.5. The Morgan fingerprint density at radius 3 is 2.87 bits per heavy atom. The number of fused-ring (bicyclic) bond motifs is 1. The van der Waals surface area contributed by atoms with Crippen LogP contribution in [0.15, 0.2) is 19.0 Å². The average molecular weight is 316 g/mol. The van der Waals surface area contributed by atoms with E-state index in [9.17, 15) is 9.59 Å². The molecule has 0 unspecified atom stereocenters. The molecule has 23 heavy (non-hydrogen) atoms. The summed E-state index contributed by atoms with van der Waals surface area (Å²) in [5.74, 6) is 0.820. The van der Waals surface area contributed by atoms with Crippen LogP contribution in [-0.2, 0) is 22.6 Å². The van der Waals surface area contributed by atoms with E-state index in [1.807, 2.05) is 4.90 Å². The fourth-order valence-electron chi connectivity index (χ4n) is 3.09. The van der Waals surface area contributed by atoms with Gasteiger partial charge in [-0.15, -0.1) is 0 Å². The van der Waals surface area contributed by atoms with Gasteiger partial charge in [-0.2, -0.15) is 0 Å². The van der Waals surface area contributed by atoms with Gasteiger partial charge in [-0.05, 0) is 6.08 Å². The molecule has 0 spiro atoms. The van der Waals surface area contributed by atoms with Crippen molar-refractivity contribution in [2.45, 2.75) is 19.4 Å². The van der Waals surface area contributed by atoms with Gasteiger partial charge in [-0.3, -0.25) is 9.59 Å². The topological polar surface area (TPSA) is 75.6 Å². The third-order valence-electron chi connectivity index (χ3n) is 4.42. The Morgan fingerprint density at radius 1 is 1.39 bits per heavy atom. The van der Waals surface area contributed by atoms with Crippen LogP contribution in [0.3, 0.4) is 0 Å². The minimum absolute atomic E-state index is 0.0671. The van der Waals surface area contributed by atoms with Crippen molar-refractivity contribution in [3.63, 3.8) is 0 Å². The molecule has 122 valence electrons. The van der Waals surface area contributed by atoms with Gasteiger partial charge in [0, 0.05) is 38.4 Å². The van der Waals surface area contributed by atoms with Crippen molar-refractivity contribution in [3.05, 3.63) is 30.2 Å². The van der Waals surface area contributed by atoms with Gasteiger partial charge in [0.25, 0.3) is 0 Å². The van der Waals surface area contributed by atoms with Crippen molar-refractivity contribution in [1.82, 2.24) is 19.8 Å². The first-order valence-corrected chi connectivity index (χ1v) is 7.68. The van der Waals surface area contributed by atoms with Crippen molar-refractivity contribution < 1.29 is 14.3 Å². The van der Waals surface area contributed by atoms with E-state index in [-0.39, 0.29) is 17.7 Å². The molecule has 0 N–H and O–H groups in total. The second-order valence-electron chi connectivity index (χ2n) is 5.89. The Balaban J connectivity index is 1.58. The molecule has 3 rings (SSSR count). The van der Waals surface area contributed by atoms with Crippen molar-refractivity contribution in [1.29, 1.82) is 0 Å². The summed E-state index contributed by atoms with van der Waals surface area (Å²) >= 11 is 0. The number of amides is 2. The molecule has 0 aliphatic carbocycles. The highest BCUT2D eigenvalue weighted by Gasteiger charge is 2.33. The van der Waals surface area contributed by atoms with E-state index in [4.69, 9.17) is 4.74 Å². The van der Waals surface area contributed by atoms with Crippen LogP contribution >= 0.6 is 0 Å². The van der Waals surface area contributed by atoms with Gasteiger partial charge in [-0.25, -0.2) is 9.97 Å². The SMILES string of the molecule is C=CC(=O)N1CC(CC(=O)N2CCc3ncnc(OC)c3C2)C1. The molecule has 0 atom stereocenters. The van der Waals surface area contributed by atoms with Crippen LogP contribution in [0, 0.1) is 5.92 Å². The number of ether oxygens (including phenoxy) is 1. The minimum Gasteiger partial charge on any atom is -0.481 e. The highest BCUT2D eigenvalue weighted by atomic mass is 16.5. The van der Waals surface area contributed by atoms with Crippen LogP contribution < -0.4 is 4.74 Å². The lowest BCUT2D eigenvalue weighted by Gasteiger charge is -2.39. The summed E-state index contributed by atoms with van der Waals surface area (Å²) in [4.78, 5) is 35.8. The fourth-order valence-corrected chi connectivity index (χ4v) is 3.09. The molecule has 1 fully saturated rings. The predicted molar refractivity (Wildman–Crippen MR) is 82.6 cm³/mol. The minimum atomic E-state index is -0.0671. The molecule has 0 radical (unpaired) electrons. The van der Waals surface area contributed by atoms with Crippen molar-refractivity contribution >= 4 is 11.8 Å². The molecule has 1 aromatic heterocycles. The maximum absolute atomic E-state index is 12.5. The predicted octanol–water partition coefficient (Wildman–Crippen LogP) is 0.404. The van der Waals surface area contributed by atoms with Gasteiger partial charge in [0.15, 0.2) is 0 Å². The second kappa shape index (κ2) is 6.36. The van der Waals surface area contributed by atoms with E-state index < -0.39 is 0 Å². The molecule has 0 saturated carbocycles. The van der Waals surface area contributed by atoms with Crippen LogP contribution in [0.25, 0.3) is 0 Å². The van der Waals surface area contributed by atoms with E-state index in [2.05, 4.69) is 16.5 Å². The highest BCUT2D eigenvalue weighted by Crippen LogP contribution is 2.26. The molecule has 2 aliphatic heterocycles. The van der Waals surface area contributed by atoms with Gasteiger partial charge in [0.1, 0.15) is 6.33 Å². The van der Waals surface area contributed by atoms with Crippen LogP contribution in [0.2, 0.25) is 0 Å². The molecular weight excluding hydrogens is 296 g/mol. The molecular formula is C16H20N4O3. The number of methoxy groups -OCH3 is 1. The molecule has 1 saturated heterocycles. The molecule has 2 amide bonds. The molecule has 3 heterocycles. The maximum atomic E-state index is 12.5. The largest absolute Gasteiger partial charge is 0.481 e. The number of rotatable bonds is 4. The van der Waals surface area contributed by atoms with E-state index in [1.54, 1.807) is 12.0 Å². The Bertz CT molecular complexity index is 626. The van der Waals surface area contributed by atoms with Gasteiger partial charge in [0.2, 0.25) is 17.7 Å². The third kappa shape index (κ3) is 3.04. The van der Waals surface area contributed by atoms with E-state index >= 15 is 0 Å². The average Bonchev–Trinajstić information content (AvgIpc) is 2.55. The lowest BCUT2D eigenvalue weighted by atomic mass is 9.95. The maximum Gasteiger partial charge on any atom is 0.245 e. The summed E-state index contributed by atoms with van der Waals surface area (Å²) in [5, 5.41) is 0. The van der Waals surface area contributed by atoms with Crippen molar-refractivity contribution in [2.24, 2.45) is 5.92 Å².